The van der Waals surface area contributed by atoms with E-state index in [4.69, 9.17) is 14.2 Å². The summed E-state index contributed by atoms with van der Waals surface area (Å²) in [5.74, 6) is -0.799. The maximum atomic E-state index is 5.51. The number of rotatable bonds is 8. The van der Waals surface area contributed by atoms with Gasteiger partial charge in [-0.2, -0.15) is 0 Å². The Bertz CT molecular complexity index is 90.4. The summed E-state index contributed by atoms with van der Waals surface area (Å²) in [6.07, 6.45) is 1.77. The van der Waals surface area contributed by atoms with Crippen molar-refractivity contribution in [2.24, 2.45) is 0 Å². The standard InChI is InChI=1S/C10H22O3.ClH/c1-5-9-10(11-6-2,12-7-3)13-8-4;/h5-9H2,1-4H3;1H. The third-order valence-electron chi connectivity index (χ3n) is 1.65. The Morgan fingerprint density at radius 3 is 1.36 bits per heavy atom. The highest BCUT2D eigenvalue weighted by atomic mass is 35.5. The molecule has 0 aliphatic rings. The SMILES string of the molecule is CCCC(OCC)(OCC)OCC.Cl. The van der Waals surface area contributed by atoms with E-state index in [-0.39, 0.29) is 12.4 Å². The van der Waals surface area contributed by atoms with Crippen LogP contribution in [0, 0.1) is 0 Å². The first-order valence-corrected chi connectivity index (χ1v) is 5.16. The van der Waals surface area contributed by atoms with E-state index in [1.807, 2.05) is 20.8 Å². The van der Waals surface area contributed by atoms with Crippen LogP contribution in [0.1, 0.15) is 40.5 Å². The molecule has 0 fully saturated rings. The van der Waals surface area contributed by atoms with E-state index in [9.17, 15) is 0 Å². The number of hydrogen-bond acceptors (Lipinski definition) is 3. The van der Waals surface area contributed by atoms with Gasteiger partial charge in [-0.1, -0.05) is 6.92 Å². The molecule has 4 heteroatoms. The summed E-state index contributed by atoms with van der Waals surface area (Å²) in [5.41, 5.74) is 0. The zero-order valence-electron chi connectivity index (χ0n) is 9.67. The Balaban J connectivity index is 0. The molecule has 0 heterocycles. The molecular formula is C10H23ClO3. The maximum absolute atomic E-state index is 5.51. The van der Waals surface area contributed by atoms with Crippen LogP contribution >= 0.6 is 12.4 Å². The van der Waals surface area contributed by atoms with Gasteiger partial charge in [-0.05, 0) is 27.2 Å². The van der Waals surface area contributed by atoms with Gasteiger partial charge in [0.1, 0.15) is 0 Å². The summed E-state index contributed by atoms with van der Waals surface area (Å²) in [6, 6.07) is 0. The molecule has 0 aromatic carbocycles. The molecular weight excluding hydrogens is 204 g/mol. The highest BCUT2D eigenvalue weighted by molar-refractivity contribution is 5.85. The van der Waals surface area contributed by atoms with Gasteiger partial charge in [0, 0.05) is 26.2 Å². The normalized spacial score (nSPS) is 11.1. The van der Waals surface area contributed by atoms with Crippen LogP contribution in [0.15, 0.2) is 0 Å². The monoisotopic (exact) mass is 226 g/mol. The van der Waals surface area contributed by atoms with E-state index in [1.165, 1.54) is 0 Å². The van der Waals surface area contributed by atoms with Crippen molar-refractivity contribution in [2.75, 3.05) is 19.8 Å². The Hall–Kier alpha value is 0.170. The molecule has 3 nitrogen and oxygen atoms in total. The summed E-state index contributed by atoms with van der Waals surface area (Å²) in [4.78, 5) is 0. The van der Waals surface area contributed by atoms with Gasteiger partial charge < -0.3 is 14.2 Å². The zero-order chi connectivity index (χ0) is 10.2. The molecule has 0 saturated heterocycles. The van der Waals surface area contributed by atoms with Crippen molar-refractivity contribution in [2.45, 2.75) is 46.5 Å². The van der Waals surface area contributed by atoms with Crippen molar-refractivity contribution in [3.8, 4) is 0 Å². The van der Waals surface area contributed by atoms with Crippen molar-refractivity contribution in [3.05, 3.63) is 0 Å². The van der Waals surface area contributed by atoms with Crippen molar-refractivity contribution in [1.82, 2.24) is 0 Å². The minimum Gasteiger partial charge on any atom is -0.328 e. The Labute approximate surface area is 93.5 Å². The maximum Gasteiger partial charge on any atom is 0.282 e. The van der Waals surface area contributed by atoms with Crippen LogP contribution in [-0.4, -0.2) is 25.8 Å². The molecule has 0 aromatic heterocycles. The summed E-state index contributed by atoms with van der Waals surface area (Å²) >= 11 is 0. The lowest BCUT2D eigenvalue weighted by molar-refractivity contribution is -0.379. The van der Waals surface area contributed by atoms with E-state index in [0.717, 1.165) is 12.8 Å². The Kier molecular flexibility index (Phi) is 11.5. The van der Waals surface area contributed by atoms with Crippen LogP contribution < -0.4 is 0 Å². The summed E-state index contributed by atoms with van der Waals surface area (Å²) < 4.78 is 16.5. The van der Waals surface area contributed by atoms with Crippen molar-refractivity contribution < 1.29 is 14.2 Å². The van der Waals surface area contributed by atoms with Gasteiger partial charge in [0.05, 0.1) is 0 Å². The highest BCUT2D eigenvalue weighted by Crippen LogP contribution is 2.21. The molecule has 0 radical (unpaired) electrons. The fourth-order valence-electron chi connectivity index (χ4n) is 1.31. The average molecular weight is 227 g/mol. The van der Waals surface area contributed by atoms with Gasteiger partial charge >= 0.3 is 0 Å². The Morgan fingerprint density at radius 1 is 0.786 bits per heavy atom. The molecule has 0 bridgehead atoms. The minimum absolute atomic E-state index is 0. The molecule has 0 aliphatic carbocycles. The Morgan fingerprint density at radius 2 is 1.14 bits per heavy atom. The molecule has 88 valence electrons. The van der Waals surface area contributed by atoms with E-state index < -0.39 is 5.97 Å². The fraction of sp³-hybridized carbons (Fsp3) is 1.00. The van der Waals surface area contributed by atoms with E-state index in [1.54, 1.807) is 0 Å². The zero-order valence-corrected chi connectivity index (χ0v) is 10.5. The second-order valence-corrected chi connectivity index (χ2v) is 2.73. The average Bonchev–Trinajstić information content (AvgIpc) is 2.06. The van der Waals surface area contributed by atoms with Crippen LogP contribution in [-0.2, 0) is 14.2 Å². The van der Waals surface area contributed by atoms with Crippen LogP contribution in [0.3, 0.4) is 0 Å². The van der Waals surface area contributed by atoms with E-state index in [0.29, 0.717) is 19.8 Å². The van der Waals surface area contributed by atoms with Gasteiger partial charge in [-0.3, -0.25) is 0 Å². The van der Waals surface area contributed by atoms with Gasteiger partial charge in [-0.25, -0.2) is 0 Å². The van der Waals surface area contributed by atoms with Gasteiger partial charge in [0.15, 0.2) is 0 Å². The number of halogens is 1. The lowest BCUT2D eigenvalue weighted by Gasteiger charge is -2.31. The lowest BCUT2D eigenvalue weighted by atomic mass is 10.3. The number of hydrogen-bond donors (Lipinski definition) is 0. The molecule has 0 aromatic rings. The number of ether oxygens (including phenoxy) is 3. The fourth-order valence-corrected chi connectivity index (χ4v) is 1.31. The first-order chi connectivity index (χ1) is 6.24. The van der Waals surface area contributed by atoms with E-state index in [2.05, 4.69) is 6.92 Å². The molecule has 0 N–H and O–H groups in total. The van der Waals surface area contributed by atoms with Crippen LogP contribution in [0.4, 0.5) is 0 Å². The first-order valence-electron chi connectivity index (χ1n) is 5.16. The van der Waals surface area contributed by atoms with Gasteiger partial charge in [-0.15, -0.1) is 12.4 Å². The van der Waals surface area contributed by atoms with Crippen LogP contribution in [0.2, 0.25) is 0 Å². The molecule has 0 unspecified atom stereocenters. The first kappa shape index (κ1) is 16.6. The lowest BCUT2D eigenvalue weighted by Crippen LogP contribution is -2.39. The van der Waals surface area contributed by atoms with Crippen LogP contribution in [0.25, 0.3) is 0 Å². The second kappa shape index (κ2) is 9.71. The van der Waals surface area contributed by atoms with Crippen molar-refractivity contribution in [1.29, 1.82) is 0 Å². The largest absolute Gasteiger partial charge is 0.328 e. The van der Waals surface area contributed by atoms with Gasteiger partial charge in [0.2, 0.25) is 0 Å². The smallest absolute Gasteiger partial charge is 0.282 e. The van der Waals surface area contributed by atoms with Gasteiger partial charge in [0.25, 0.3) is 5.97 Å². The molecule has 0 rings (SSSR count). The van der Waals surface area contributed by atoms with Crippen molar-refractivity contribution in [3.63, 3.8) is 0 Å². The molecule has 0 spiro atoms. The third kappa shape index (κ3) is 5.81. The third-order valence-corrected chi connectivity index (χ3v) is 1.65. The summed E-state index contributed by atoms with van der Waals surface area (Å²) in [5, 5.41) is 0. The minimum atomic E-state index is -0.799. The second-order valence-electron chi connectivity index (χ2n) is 2.73. The molecule has 0 atom stereocenters. The predicted molar refractivity (Wildman–Crippen MR) is 59.8 cm³/mol. The molecule has 0 saturated carbocycles. The highest BCUT2D eigenvalue weighted by Gasteiger charge is 2.30. The molecule has 14 heavy (non-hydrogen) atoms. The van der Waals surface area contributed by atoms with Crippen LogP contribution in [0.5, 0.6) is 0 Å². The quantitative estimate of drug-likeness (QED) is 0.596. The topological polar surface area (TPSA) is 27.7 Å². The van der Waals surface area contributed by atoms with Crippen molar-refractivity contribution >= 4 is 12.4 Å². The van der Waals surface area contributed by atoms with E-state index >= 15 is 0 Å². The predicted octanol–water partition coefficient (Wildman–Crippen LogP) is 2.97. The summed E-state index contributed by atoms with van der Waals surface area (Å²) in [7, 11) is 0. The summed E-state index contributed by atoms with van der Waals surface area (Å²) in [6.45, 7) is 9.76. The molecule has 0 amide bonds. The molecule has 0 aliphatic heterocycles.